The molecule has 0 aliphatic rings. The van der Waals surface area contributed by atoms with Gasteiger partial charge in [-0.15, -0.1) is 0 Å². The van der Waals surface area contributed by atoms with Gasteiger partial charge in [0, 0.05) is 12.8 Å². The summed E-state index contributed by atoms with van der Waals surface area (Å²) in [6.45, 7) is 6.25. The molecule has 0 fully saturated rings. The van der Waals surface area contributed by atoms with E-state index in [1.54, 1.807) is 6.08 Å². The van der Waals surface area contributed by atoms with E-state index in [1.807, 2.05) is 6.08 Å². The summed E-state index contributed by atoms with van der Waals surface area (Å²) in [4.78, 5) is 37.7. The first-order valence-electron chi connectivity index (χ1n) is 23.7. The molecule has 0 saturated carbocycles. The minimum absolute atomic E-state index is 0.119. The van der Waals surface area contributed by atoms with Crippen molar-refractivity contribution >= 4 is 17.9 Å². The molecule has 0 bridgehead atoms. The van der Waals surface area contributed by atoms with E-state index in [-0.39, 0.29) is 38.0 Å². The molecule has 0 radical (unpaired) electrons. The van der Waals surface area contributed by atoms with Crippen LogP contribution >= 0.6 is 0 Å². The molecular weight excluding hydrogens is 733 g/mol. The molecular formula is C53H86O6. The maximum absolute atomic E-state index is 12.7. The van der Waals surface area contributed by atoms with E-state index in [0.717, 1.165) is 109 Å². The molecule has 334 valence electrons. The van der Waals surface area contributed by atoms with Gasteiger partial charge in [-0.05, 0) is 96.3 Å². The van der Waals surface area contributed by atoms with E-state index in [0.29, 0.717) is 6.42 Å². The van der Waals surface area contributed by atoms with Crippen molar-refractivity contribution in [3.63, 3.8) is 0 Å². The van der Waals surface area contributed by atoms with Crippen LogP contribution in [0.5, 0.6) is 0 Å². The molecule has 0 aromatic rings. The fourth-order valence-electron chi connectivity index (χ4n) is 6.07. The van der Waals surface area contributed by atoms with Crippen LogP contribution in [0, 0.1) is 0 Å². The van der Waals surface area contributed by atoms with Crippen molar-refractivity contribution in [1.82, 2.24) is 0 Å². The van der Waals surface area contributed by atoms with Gasteiger partial charge in [-0.3, -0.25) is 14.4 Å². The highest BCUT2D eigenvalue weighted by molar-refractivity contribution is 5.72. The van der Waals surface area contributed by atoms with E-state index >= 15 is 0 Å². The Bertz CT molecular complexity index is 1220. The zero-order valence-electron chi connectivity index (χ0n) is 38.0. The van der Waals surface area contributed by atoms with E-state index in [1.165, 1.54) is 51.4 Å². The van der Waals surface area contributed by atoms with Crippen LogP contribution in [-0.4, -0.2) is 37.2 Å². The molecule has 0 N–H and O–H groups in total. The molecule has 0 aromatic carbocycles. The topological polar surface area (TPSA) is 78.9 Å². The van der Waals surface area contributed by atoms with Gasteiger partial charge in [0.2, 0.25) is 0 Å². The van der Waals surface area contributed by atoms with Crippen LogP contribution in [0.15, 0.2) is 97.2 Å². The smallest absolute Gasteiger partial charge is 0.309 e. The first-order chi connectivity index (χ1) is 29.0. The van der Waals surface area contributed by atoms with E-state index < -0.39 is 12.1 Å². The molecule has 1 atom stereocenters. The first kappa shape index (κ1) is 55.3. The van der Waals surface area contributed by atoms with Gasteiger partial charge >= 0.3 is 17.9 Å². The number of hydrogen-bond donors (Lipinski definition) is 0. The third kappa shape index (κ3) is 45.3. The summed E-state index contributed by atoms with van der Waals surface area (Å²) in [6.07, 6.45) is 61.4. The molecule has 6 heteroatoms. The third-order valence-electron chi connectivity index (χ3n) is 9.59. The third-order valence-corrected chi connectivity index (χ3v) is 9.59. The molecule has 0 aromatic heterocycles. The lowest BCUT2D eigenvalue weighted by molar-refractivity contribution is -0.166. The van der Waals surface area contributed by atoms with Crippen LogP contribution in [0.4, 0.5) is 0 Å². The number of rotatable bonds is 41. The normalized spacial score (nSPS) is 12.9. The predicted octanol–water partition coefficient (Wildman–Crippen LogP) is 15.4. The van der Waals surface area contributed by atoms with Crippen LogP contribution in [0.1, 0.15) is 201 Å². The highest BCUT2D eigenvalue weighted by Crippen LogP contribution is 2.12. The van der Waals surface area contributed by atoms with Gasteiger partial charge in [-0.25, -0.2) is 0 Å². The van der Waals surface area contributed by atoms with Crippen LogP contribution < -0.4 is 0 Å². The molecule has 0 amide bonds. The van der Waals surface area contributed by atoms with Crippen LogP contribution in [0.25, 0.3) is 0 Å². The summed E-state index contributed by atoms with van der Waals surface area (Å²) in [5.41, 5.74) is 0. The number of esters is 3. The fraction of sp³-hybridized carbons (Fsp3) is 0.642. The van der Waals surface area contributed by atoms with Crippen LogP contribution in [-0.2, 0) is 28.6 Å². The lowest BCUT2D eigenvalue weighted by Gasteiger charge is -2.18. The summed E-state index contributed by atoms with van der Waals surface area (Å²) in [5, 5.41) is 0. The van der Waals surface area contributed by atoms with Gasteiger partial charge in [0.1, 0.15) is 13.2 Å². The van der Waals surface area contributed by atoms with Gasteiger partial charge in [-0.1, -0.05) is 182 Å². The van der Waals surface area contributed by atoms with E-state index in [4.69, 9.17) is 14.2 Å². The Morgan fingerprint density at radius 2 is 0.729 bits per heavy atom. The van der Waals surface area contributed by atoms with Crippen molar-refractivity contribution in [2.45, 2.75) is 207 Å². The standard InChI is InChI=1S/C53H86O6/c1-4-7-10-13-16-19-21-23-24-25-26-27-28-30-31-34-37-40-43-46-52(55)58-49-50(48-57-51(54)45-42-39-36-33-18-15-12-9-6-3)59-53(56)47-44-41-38-35-32-29-22-20-17-14-11-8-5-2/h7,9-10,12,16,18-19,23-24,26-27,29,32-33,39,42,50H,4-6,8,11,13-15,17,20-22,25,28,30-31,34-38,40-41,43-49H2,1-3H3/b10-7-,12-9-,19-16-,24-23-,27-26-,32-29-,33-18-,42-39-. The summed E-state index contributed by atoms with van der Waals surface area (Å²) in [5.74, 6) is -1.09. The van der Waals surface area contributed by atoms with Gasteiger partial charge in [-0.2, -0.15) is 0 Å². The maximum Gasteiger partial charge on any atom is 0.309 e. The molecule has 0 aliphatic carbocycles. The highest BCUT2D eigenvalue weighted by atomic mass is 16.6. The Kier molecular flexibility index (Phi) is 44.1. The molecule has 0 spiro atoms. The van der Waals surface area contributed by atoms with Crippen molar-refractivity contribution in [3.05, 3.63) is 97.2 Å². The number of carbonyl (C=O) groups excluding carboxylic acids is 3. The monoisotopic (exact) mass is 819 g/mol. The number of ether oxygens (including phenoxy) is 3. The molecule has 1 unspecified atom stereocenters. The van der Waals surface area contributed by atoms with Crippen molar-refractivity contribution in [3.8, 4) is 0 Å². The lowest BCUT2D eigenvalue weighted by atomic mass is 10.1. The summed E-state index contributed by atoms with van der Waals surface area (Å²) >= 11 is 0. The number of hydrogen-bond acceptors (Lipinski definition) is 6. The Balaban J connectivity index is 4.43. The molecule has 0 saturated heterocycles. The zero-order valence-corrected chi connectivity index (χ0v) is 38.0. The second-order valence-corrected chi connectivity index (χ2v) is 15.3. The largest absolute Gasteiger partial charge is 0.462 e. The number of unbranched alkanes of at least 4 members (excludes halogenated alkanes) is 15. The minimum atomic E-state index is -0.825. The Morgan fingerprint density at radius 1 is 0.373 bits per heavy atom. The quantitative estimate of drug-likeness (QED) is 0.0265. The second kappa shape index (κ2) is 47.0. The van der Waals surface area contributed by atoms with Gasteiger partial charge in [0.15, 0.2) is 6.10 Å². The number of allylic oxidation sites excluding steroid dienone is 15. The van der Waals surface area contributed by atoms with Gasteiger partial charge < -0.3 is 14.2 Å². The predicted molar refractivity (Wildman–Crippen MR) is 251 cm³/mol. The van der Waals surface area contributed by atoms with Gasteiger partial charge in [0.25, 0.3) is 0 Å². The van der Waals surface area contributed by atoms with Crippen molar-refractivity contribution < 1.29 is 28.6 Å². The molecule has 59 heavy (non-hydrogen) atoms. The Hall–Kier alpha value is -3.67. The average Bonchev–Trinajstić information content (AvgIpc) is 3.23. The highest BCUT2D eigenvalue weighted by Gasteiger charge is 2.19. The lowest BCUT2D eigenvalue weighted by Crippen LogP contribution is -2.30. The summed E-state index contributed by atoms with van der Waals surface area (Å²) in [6, 6.07) is 0. The Labute approximate surface area is 362 Å². The van der Waals surface area contributed by atoms with E-state index in [2.05, 4.69) is 106 Å². The molecule has 0 aliphatic heterocycles. The van der Waals surface area contributed by atoms with Crippen molar-refractivity contribution in [1.29, 1.82) is 0 Å². The first-order valence-corrected chi connectivity index (χ1v) is 23.7. The summed E-state index contributed by atoms with van der Waals surface area (Å²) in [7, 11) is 0. The molecule has 6 nitrogen and oxygen atoms in total. The SMILES string of the molecule is CC/C=C\C/C=C\C/C=C\C/C=C\CCCCCCCCC(=O)OCC(COC(=O)C/C=C\C/C=C\C/C=C\CC)OC(=O)CCCCC/C=C\CCCCCCCC. The minimum Gasteiger partial charge on any atom is -0.462 e. The molecule has 0 heterocycles. The number of carbonyl (C=O) groups is 3. The maximum atomic E-state index is 12.7. The fourth-order valence-corrected chi connectivity index (χ4v) is 6.07. The van der Waals surface area contributed by atoms with Crippen LogP contribution in [0.3, 0.4) is 0 Å². The average molecular weight is 819 g/mol. The summed E-state index contributed by atoms with van der Waals surface area (Å²) < 4.78 is 16.6. The Morgan fingerprint density at radius 3 is 1.22 bits per heavy atom. The zero-order chi connectivity index (χ0) is 43.0. The van der Waals surface area contributed by atoms with Crippen molar-refractivity contribution in [2.24, 2.45) is 0 Å². The van der Waals surface area contributed by atoms with E-state index in [9.17, 15) is 14.4 Å². The second-order valence-electron chi connectivity index (χ2n) is 15.3. The molecule has 0 rings (SSSR count). The van der Waals surface area contributed by atoms with Crippen LogP contribution in [0.2, 0.25) is 0 Å². The van der Waals surface area contributed by atoms with Gasteiger partial charge in [0.05, 0.1) is 6.42 Å². The van der Waals surface area contributed by atoms with Crippen molar-refractivity contribution in [2.75, 3.05) is 13.2 Å².